The molecule has 2 rings (SSSR count). The molecule has 1 aliphatic rings. The molecule has 0 saturated carbocycles. The number of carbonyl (C=O) groups excluding carboxylic acids is 1. The van der Waals surface area contributed by atoms with Crippen molar-refractivity contribution in [2.45, 2.75) is 6.42 Å². The Balaban J connectivity index is 2.05. The van der Waals surface area contributed by atoms with E-state index in [9.17, 15) is 13.6 Å². The lowest BCUT2D eigenvalue weighted by molar-refractivity contribution is 0.0757. The molecule has 0 N–H and O–H groups in total. The number of hydrogen-bond acceptors (Lipinski definition) is 2. The van der Waals surface area contributed by atoms with Gasteiger partial charge in [0.05, 0.1) is 5.56 Å². The number of rotatable bonds is 3. The minimum Gasteiger partial charge on any atom is -0.337 e. The number of benzene rings is 1. The number of alkyl halides is 1. The number of nitrogens with zero attached hydrogens (tertiary/aromatic N) is 2. The fourth-order valence-corrected chi connectivity index (χ4v) is 2.59. The van der Waals surface area contributed by atoms with Gasteiger partial charge in [-0.2, -0.15) is 0 Å². The second-order valence-corrected chi connectivity index (χ2v) is 5.18. The van der Waals surface area contributed by atoms with E-state index in [1.54, 1.807) is 4.90 Å². The molecule has 20 heavy (non-hydrogen) atoms. The van der Waals surface area contributed by atoms with Gasteiger partial charge in [-0.05, 0) is 25.1 Å². The normalized spacial score (nSPS) is 17.1. The summed E-state index contributed by atoms with van der Waals surface area (Å²) in [6, 6.07) is 3.05. The van der Waals surface area contributed by atoms with Crippen LogP contribution in [0.5, 0.6) is 0 Å². The Morgan fingerprint density at radius 2 is 2.00 bits per heavy atom. The summed E-state index contributed by atoms with van der Waals surface area (Å²) in [7, 11) is 0. The predicted molar refractivity (Wildman–Crippen MR) is 74.0 cm³/mol. The van der Waals surface area contributed by atoms with Gasteiger partial charge in [-0.25, -0.2) is 8.78 Å². The topological polar surface area (TPSA) is 23.6 Å². The standard InChI is InChI=1S/C14H17ClF2N2O/c15-4-7-18-5-1-6-19(9-8-18)14(20)12-3-2-11(16)10-13(12)17/h2-3,10H,1,4-9H2. The molecule has 1 aromatic rings. The summed E-state index contributed by atoms with van der Waals surface area (Å²) in [6.07, 6.45) is 0.825. The molecule has 1 aromatic carbocycles. The molecule has 1 saturated heterocycles. The highest BCUT2D eigenvalue weighted by molar-refractivity contribution is 6.18. The maximum absolute atomic E-state index is 13.6. The molecular formula is C14H17ClF2N2O. The molecular weight excluding hydrogens is 286 g/mol. The van der Waals surface area contributed by atoms with Crippen molar-refractivity contribution in [3.8, 4) is 0 Å². The first-order valence-electron chi connectivity index (χ1n) is 6.64. The van der Waals surface area contributed by atoms with Crippen molar-refractivity contribution in [1.82, 2.24) is 9.80 Å². The molecule has 0 aromatic heterocycles. The van der Waals surface area contributed by atoms with Gasteiger partial charge < -0.3 is 9.80 Å². The summed E-state index contributed by atoms with van der Waals surface area (Å²) in [5.74, 6) is -1.31. The van der Waals surface area contributed by atoms with Crippen LogP contribution >= 0.6 is 11.6 Å². The summed E-state index contributed by atoms with van der Waals surface area (Å²) >= 11 is 5.71. The van der Waals surface area contributed by atoms with Gasteiger partial charge in [0, 0.05) is 38.1 Å². The molecule has 1 aliphatic heterocycles. The molecule has 6 heteroatoms. The van der Waals surface area contributed by atoms with Gasteiger partial charge in [0.1, 0.15) is 11.6 Å². The summed E-state index contributed by atoms with van der Waals surface area (Å²) < 4.78 is 26.5. The zero-order valence-electron chi connectivity index (χ0n) is 11.1. The van der Waals surface area contributed by atoms with Gasteiger partial charge in [-0.15, -0.1) is 11.6 Å². The molecule has 1 fully saturated rings. The Labute approximate surface area is 122 Å². The van der Waals surface area contributed by atoms with E-state index in [0.717, 1.165) is 38.2 Å². The van der Waals surface area contributed by atoms with Crippen molar-refractivity contribution in [2.75, 3.05) is 38.6 Å². The summed E-state index contributed by atoms with van der Waals surface area (Å²) in [4.78, 5) is 16.1. The molecule has 0 spiro atoms. The van der Waals surface area contributed by atoms with Crippen LogP contribution in [0, 0.1) is 11.6 Å². The lowest BCUT2D eigenvalue weighted by Crippen LogP contribution is -2.36. The predicted octanol–water partition coefficient (Wildman–Crippen LogP) is 2.35. The maximum Gasteiger partial charge on any atom is 0.256 e. The van der Waals surface area contributed by atoms with Crippen molar-refractivity contribution in [2.24, 2.45) is 0 Å². The van der Waals surface area contributed by atoms with Gasteiger partial charge in [0.15, 0.2) is 0 Å². The highest BCUT2D eigenvalue weighted by atomic mass is 35.5. The van der Waals surface area contributed by atoms with E-state index in [-0.39, 0.29) is 11.5 Å². The van der Waals surface area contributed by atoms with Crippen LogP contribution in [-0.4, -0.2) is 54.3 Å². The number of hydrogen-bond donors (Lipinski definition) is 0. The van der Waals surface area contributed by atoms with E-state index in [2.05, 4.69) is 4.90 Å². The van der Waals surface area contributed by atoms with Crippen molar-refractivity contribution in [1.29, 1.82) is 0 Å². The molecule has 110 valence electrons. The molecule has 0 atom stereocenters. The van der Waals surface area contributed by atoms with Gasteiger partial charge in [0.25, 0.3) is 5.91 Å². The first-order valence-corrected chi connectivity index (χ1v) is 7.18. The zero-order chi connectivity index (χ0) is 14.5. The van der Waals surface area contributed by atoms with Crippen LogP contribution < -0.4 is 0 Å². The SMILES string of the molecule is O=C(c1ccc(F)cc1F)N1CCCN(CCCl)CC1. The average Bonchev–Trinajstić information content (AvgIpc) is 2.64. The first kappa shape index (κ1) is 15.2. The van der Waals surface area contributed by atoms with Crippen molar-refractivity contribution in [3.05, 3.63) is 35.4 Å². The average molecular weight is 303 g/mol. The van der Waals surface area contributed by atoms with E-state index >= 15 is 0 Å². The quantitative estimate of drug-likeness (QED) is 0.800. The first-order chi connectivity index (χ1) is 9.61. The Bertz CT molecular complexity index is 484. The fraction of sp³-hybridized carbons (Fsp3) is 0.500. The van der Waals surface area contributed by atoms with Crippen LogP contribution in [0.4, 0.5) is 8.78 Å². The van der Waals surface area contributed by atoms with E-state index in [4.69, 9.17) is 11.6 Å². The van der Waals surface area contributed by atoms with Crippen LogP contribution in [0.15, 0.2) is 18.2 Å². The molecule has 3 nitrogen and oxygen atoms in total. The maximum atomic E-state index is 13.6. The van der Waals surface area contributed by atoms with E-state index in [1.165, 1.54) is 6.07 Å². The van der Waals surface area contributed by atoms with Crippen LogP contribution in [0.25, 0.3) is 0 Å². The molecule has 0 aliphatic carbocycles. The number of halogens is 3. The Morgan fingerprint density at radius 1 is 1.20 bits per heavy atom. The summed E-state index contributed by atoms with van der Waals surface area (Å²) in [5.41, 5.74) is -0.0720. The highest BCUT2D eigenvalue weighted by Crippen LogP contribution is 2.14. The molecule has 1 amide bonds. The lowest BCUT2D eigenvalue weighted by Gasteiger charge is -2.21. The molecule has 0 unspecified atom stereocenters. The van der Waals surface area contributed by atoms with Crippen LogP contribution in [0.3, 0.4) is 0 Å². The third-order valence-corrected chi connectivity index (χ3v) is 3.61. The van der Waals surface area contributed by atoms with E-state index in [0.29, 0.717) is 19.0 Å². The Kier molecular flexibility index (Phi) is 5.31. The monoisotopic (exact) mass is 302 g/mol. The lowest BCUT2D eigenvalue weighted by atomic mass is 10.1. The third kappa shape index (κ3) is 3.67. The third-order valence-electron chi connectivity index (χ3n) is 3.44. The van der Waals surface area contributed by atoms with Gasteiger partial charge >= 0.3 is 0 Å². The van der Waals surface area contributed by atoms with Gasteiger partial charge in [-0.3, -0.25) is 4.79 Å². The van der Waals surface area contributed by atoms with Crippen LogP contribution in [-0.2, 0) is 0 Å². The minimum absolute atomic E-state index is 0.0720. The largest absolute Gasteiger partial charge is 0.337 e. The molecule has 1 heterocycles. The van der Waals surface area contributed by atoms with Crippen molar-refractivity contribution in [3.63, 3.8) is 0 Å². The molecule has 0 bridgehead atoms. The van der Waals surface area contributed by atoms with Gasteiger partial charge in [-0.1, -0.05) is 0 Å². The van der Waals surface area contributed by atoms with E-state index in [1.807, 2.05) is 0 Å². The molecule has 0 radical (unpaired) electrons. The van der Waals surface area contributed by atoms with Crippen molar-refractivity contribution < 1.29 is 13.6 Å². The Hall–Kier alpha value is -1.20. The zero-order valence-corrected chi connectivity index (χ0v) is 11.9. The highest BCUT2D eigenvalue weighted by Gasteiger charge is 2.22. The Morgan fingerprint density at radius 3 is 2.70 bits per heavy atom. The van der Waals surface area contributed by atoms with E-state index < -0.39 is 11.6 Å². The van der Waals surface area contributed by atoms with Crippen LogP contribution in [0.1, 0.15) is 16.8 Å². The summed E-state index contributed by atoms with van der Waals surface area (Å²) in [5, 5.41) is 0. The fourth-order valence-electron chi connectivity index (χ4n) is 2.35. The minimum atomic E-state index is -0.808. The van der Waals surface area contributed by atoms with Gasteiger partial charge in [0.2, 0.25) is 0 Å². The summed E-state index contributed by atoms with van der Waals surface area (Å²) in [6.45, 7) is 3.50. The van der Waals surface area contributed by atoms with Crippen molar-refractivity contribution >= 4 is 17.5 Å². The number of amides is 1. The second kappa shape index (κ2) is 6.99. The smallest absolute Gasteiger partial charge is 0.256 e. The second-order valence-electron chi connectivity index (χ2n) is 4.80. The van der Waals surface area contributed by atoms with Crippen LogP contribution in [0.2, 0.25) is 0 Å². The number of carbonyl (C=O) groups is 1.